The molecule has 5 rings (SSSR count). The van der Waals surface area contributed by atoms with E-state index < -0.39 is 5.60 Å². The largest absolute Gasteiger partial charge is 0.491 e. The maximum Gasteiger partial charge on any atom is 0.410 e. The van der Waals surface area contributed by atoms with Crippen LogP contribution in [0.5, 0.6) is 5.75 Å². The summed E-state index contributed by atoms with van der Waals surface area (Å²) in [4.78, 5) is 19.7. The molecular formula is C29H39N5O3. The van der Waals surface area contributed by atoms with Gasteiger partial charge in [-0.05, 0) is 42.6 Å². The van der Waals surface area contributed by atoms with E-state index in [0.29, 0.717) is 25.4 Å². The van der Waals surface area contributed by atoms with Crippen LogP contribution in [-0.4, -0.2) is 63.5 Å². The Morgan fingerprint density at radius 1 is 1.22 bits per heavy atom. The van der Waals surface area contributed by atoms with Crippen LogP contribution in [0.2, 0.25) is 0 Å². The summed E-state index contributed by atoms with van der Waals surface area (Å²) in [5.74, 6) is 1.76. The summed E-state index contributed by atoms with van der Waals surface area (Å²) < 4.78 is 14.0. The number of piperidine rings is 1. The Labute approximate surface area is 219 Å². The number of fused-ring (bicyclic) bond motifs is 1. The molecule has 2 fully saturated rings. The van der Waals surface area contributed by atoms with Crippen LogP contribution in [0, 0.1) is 12.3 Å². The van der Waals surface area contributed by atoms with Crippen LogP contribution >= 0.6 is 0 Å². The number of rotatable bonds is 7. The second-order valence-corrected chi connectivity index (χ2v) is 11.7. The summed E-state index contributed by atoms with van der Waals surface area (Å²) in [6.07, 6.45) is 3.93. The summed E-state index contributed by atoms with van der Waals surface area (Å²) in [5, 5.41) is 8.13. The number of aryl methyl sites for hydroxylation is 1. The highest BCUT2D eigenvalue weighted by atomic mass is 16.6. The van der Waals surface area contributed by atoms with Crippen LogP contribution in [-0.2, 0) is 11.2 Å². The molecule has 0 radical (unpaired) electrons. The van der Waals surface area contributed by atoms with E-state index in [1.165, 1.54) is 5.56 Å². The molecule has 198 valence electrons. The van der Waals surface area contributed by atoms with Gasteiger partial charge in [0.2, 0.25) is 0 Å². The predicted molar refractivity (Wildman–Crippen MR) is 143 cm³/mol. The lowest BCUT2D eigenvalue weighted by atomic mass is 9.72. The molecule has 1 N–H and O–H groups in total. The standard InChI is InChI=1S/C29H39N5O3/c1-20-17-23(36-19-21(2)22-9-7-6-8-10-22)18-34-25(20)31-24(32-34)11-16-33-26(28(3,4)5)29(37-27(33)35)12-14-30-15-13-29/h6-10,17-18,21,26,30H,11-16,19H2,1-5H3/t21-,26?/m0/s1. The maximum atomic E-state index is 13.0. The van der Waals surface area contributed by atoms with Gasteiger partial charge >= 0.3 is 6.09 Å². The average Bonchev–Trinajstić information content (AvgIpc) is 3.40. The fourth-order valence-corrected chi connectivity index (χ4v) is 6.05. The fraction of sp³-hybridized carbons (Fsp3) is 0.552. The van der Waals surface area contributed by atoms with Crippen molar-refractivity contribution >= 4 is 11.7 Å². The minimum absolute atomic E-state index is 0.0139. The first-order valence-corrected chi connectivity index (χ1v) is 13.4. The molecule has 8 nitrogen and oxygen atoms in total. The van der Waals surface area contributed by atoms with Crippen molar-refractivity contribution in [2.24, 2.45) is 5.41 Å². The lowest BCUT2D eigenvalue weighted by Crippen LogP contribution is -2.57. The number of nitrogens with one attached hydrogen (secondary N) is 1. The fourth-order valence-electron chi connectivity index (χ4n) is 6.05. The van der Waals surface area contributed by atoms with Crippen LogP contribution < -0.4 is 10.1 Å². The van der Waals surface area contributed by atoms with Gasteiger partial charge < -0.3 is 19.7 Å². The Bertz CT molecular complexity index is 1240. The van der Waals surface area contributed by atoms with E-state index in [0.717, 1.165) is 42.9 Å². The van der Waals surface area contributed by atoms with E-state index in [1.807, 2.05) is 30.2 Å². The average molecular weight is 506 g/mol. The number of ether oxygens (including phenoxy) is 2. The van der Waals surface area contributed by atoms with Gasteiger partial charge in [0.25, 0.3) is 0 Å². The van der Waals surface area contributed by atoms with Gasteiger partial charge in [-0.3, -0.25) is 0 Å². The quantitative estimate of drug-likeness (QED) is 0.499. The number of pyridine rings is 1. The maximum absolute atomic E-state index is 13.0. The smallest absolute Gasteiger partial charge is 0.410 e. The zero-order valence-corrected chi connectivity index (χ0v) is 22.7. The highest BCUT2D eigenvalue weighted by Crippen LogP contribution is 2.45. The third-order valence-corrected chi connectivity index (χ3v) is 7.69. The molecule has 2 saturated heterocycles. The first-order chi connectivity index (χ1) is 17.7. The van der Waals surface area contributed by atoms with Crippen LogP contribution in [0.25, 0.3) is 5.65 Å². The van der Waals surface area contributed by atoms with Crippen LogP contribution in [0.3, 0.4) is 0 Å². The lowest BCUT2D eigenvalue weighted by Gasteiger charge is -2.44. The molecule has 3 aromatic rings. The predicted octanol–water partition coefficient (Wildman–Crippen LogP) is 4.75. The van der Waals surface area contributed by atoms with E-state index >= 15 is 0 Å². The molecule has 2 aliphatic heterocycles. The molecule has 8 heteroatoms. The number of hydrogen-bond donors (Lipinski definition) is 1. The summed E-state index contributed by atoms with van der Waals surface area (Å²) in [6.45, 7) is 13.6. The number of carbonyl (C=O) groups excluding carboxylic acids is 1. The Kier molecular flexibility index (Phi) is 6.88. The highest BCUT2D eigenvalue weighted by Gasteiger charge is 2.58. The number of amides is 1. The number of nitrogens with zero attached hydrogens (tertiary/aromatic N) is 4. The van der Waals surface area contributed by atoms with Crippen LogP contribution in [0.4, 0.5) is 4.79 Å². The van der Waals surface area contributed by atoms with Crippen molar-refractivity contribution in [3.8, 4) is 5.75 Å². The summed E-state index contributed by atoms with van der Waals surface area (Å²) in [5.41, 5.74) is 2.54. The zero-order valence-electron chi connectivity index (χ0n) is 22.7. The van der Waals surface area contributed by atoms with Crippen molar-refractivity contribution in [1.29, 1.82) is 0 Å². The molecule has 2 atom stereocenters. The minimum Gasteiger partial charge on any atom is -0.491 e. The Morgan fingerprint density at radius 2 is 1.95 bits per heavy atom. The van der Waals surface area contributed by atoms with Gasteiger partial charge in [0.15, 0.2) is 11.5 Å². The molecule has 4 heterocycles. The van der Waals surface area contributed by atoms with Gasteiger partial charge in [0.05, 0.1) is 18.8 Å². The second-order valence-electron chi connectivity index (χ2n) is 11.7. The van der Waals surface area contributed by atoms with E-state index in [2.05, 4.69) is 57.3 Å². The molecule has 1 amide bonds. The van der Waals surface area contributed by atoms with Gasteiger partial charge in [-0.1, -0.05) is 58.0 Å². The molecular weight excluding hydrogens is 466 g/mol. The van der Waals surface area contributed by atoms with E-state index in [-0.39, 0.29) is 23.5 Å². The molecule has 0 aliphatic carbocycles. The van der Waals surface area contributed by atoms with Gasteiger partial charge in [-0.15, -0.1) is 0 Å². The Balaban J connectivity index is 1.29. The first kappa shape index (κ1) is 25.5. The van der Waals surface area contributed by atoms with Crippen molar-refractivity contribution in [3.05, 3.63) is 59.5 Å². The van der Waals surface area contributed by atoms with Gasteiger partial charge in [-0.25, -0.2) is 14.3 Å². The van der Waals surface area contributed by atoms with Crippen molar-refractivity contribution in [2.75, 3.05) is 26.2 Å². The molecule has 0 bridgehead atoms. The van der Waals surface area contributed by atoms with E-state index in [9.17, 15) is 4.79 Å². The molecule has 1 unspecified atom stereocenters. The topological polar surface area (TPSA) is 81.0 Å². The summed E-state index contributed by atoms with van der Waals surface area (Å²) >= 11 is 0. The summed E-state index contributed by atoms with van der Waals surface area (Å²) in [6, 6.07) is 12.4. The normalized spacial score (nSPS) is 20.4. The Hall–Kier alpha value is -3.13. The first-order valence-electron chi connectivity index (χ1n) is 13.4. The number of benzene rings is 1. The zero-order chi connectivity index (χ0) is 26.2. The monoisotopic (exact) mass is 505 g/mol. The number of aromatic nitrogens is 3. The number of carbonyl (C=O) groups is 1. The van der Waals surface area contributed by atoms with Gasteiger partial charge in [-0.2, -0.15) is 5.10 Å². The van der Waals surface area contributed by atoms with E-state index in [1.54, 1.807) is 4.52 Å². The van der Waals surface area contributed by atoms with Crippen LogP contribution in [0.15, 0.2) is 42.6 Å². The molecule has 1 spiro atoms. The van der Waals surface area contributed by atoms with Gasteiger partial charge in [0, 0.05) is 31.7 Å². The van der Waals surface area contributed by atoms with Crippen LogP contribution in [0.1, 0.15) is 63.4 Å². The van der Waals surface area contributed by atoms with Crippen molar-refractivity contribution < 1.29 is 14.3 Å². The minimum atomic E-state index is -0.424. The third-order valence-electron chi connectivity index (χ3n) is 7.69. The van der Waals surface area contributed by atoms with Crippen molar-refractivity contribution in [3.63, 3.8) is 0 Å². The molecule has 37 heavy (non-hydrogen) atoms. The molecule has 2 aromatic heterocycles. The van der Waals surface area contributed by atoms with Crippen molar-refractivity contribution in [2.45, 2.75) is 71.4 Å². The van der Waals surface area contributed by atoms with E-state index in [4.69, 9.17) is 19.6 Å². The van der Waals surface area contributed by atoms with Crippen molar-refractivity contribution in [1.82, 2.24) is 24.8 Å². The summed E-state index contributed by atoms with van der Waals surface area (Å²) in [7, 11) is 0. The van der Waals surface area contributed by atoms with Gasteiger partial charge in [0.1, 0.15) is 11.4 Å². The molecule has 1 aromatic carbocycles. The number of hydrogen-bond acceptors (Lipinski definition) is 6. The third kappa shape index (κ3) is 5.17. The lowest BCUT2D eigenvalue weighted by molar-refractivity contribution is -0.0239. The Morgan fingerprint density at radius 3 is 2.65 bits per heavy atom. The second kappa shape index (κ2) is 9.97. The molecule has 2 aliphatic rings. The molecule has 0 saturated carbocycles. The highest BCUT2D eigenvalue weighted by molar-refractivity contribution is 5.72. The SMILES string of the molecule is Cc1cc(OC[C@H](C)c2ccccc2)cn2nc(CCN3C(=O)OC4(CCNCC4)C3C(C)(C)C)nc12.